The summed E-state index contributed by atoms with van der Waals surface area (Å²) in [5.41, 5.74) is 0.293. The number of carboxylic acids is 1. The summed E-state index contributed by atoms with van der Waals surface area (Å²) in [7, 11) is 0. The Morgan fingerprint density at radius 1 is 1.04 bits per heavy atom. The zero-order valence-electron chi connectivity index (χ0n) is 14.5. The minimum Gasteiger partial charge on any atom is -0.480 e. The molecular formula is C19H18F5NO3. The topological polar surface area (TPSA) is 58.6 Å². The average Bonchev–Trinajstić information content (AvgIpc) is 2.60. The van der Waals surface area contributed by atoms with Gasteiger partial charge in [-0.1, -0.05) is 30.3 Å². The number of aliphatic carboxylic acids is 1. The second-order valence-corrected chi connectivity index (χ2v) is 6.19. The second kappa shape index (κ2) is 9.01. The van der Waals surface area contributed by atoms with E-state index in [1.165, 1.54) is 12.1 Å². The number of nitrogens with one attached hydrogen (secondary N) is 1. The zero-order chi connectivity index (χ0) is 20.8. The van der Waals surface area contributed by atoms with Crippen molar-refractivity contribution in [1.82, 2.24) is 5.32 Å². The third-order valence-electron chi connectivity index (χ3n) is 3.74. The molecule has 2 N–H and O–H groups in total. The number of alkyl halides is 4. The van der Waals surface area contributed by atoms with E-state index in [2.05, 4.69) is 4.74 Å². The van der Waals surface area contributed by atoms with Crippen molar-refractivity contribution >= 4 is 5.97 Å². The van der Waals surface area contributed by atoms with Crippen LogP contribution in [0.5, 0.6) is 5.75 Å². The summed E-state index contributed by atoms with van der Waals surface area (Å²) < 4.78 is 73.2. The van der Waals surface area contributed by atoms with E-state index in [4.69, 9.17) is 5.11 Å². The van der Waals surface area contributed by atoms with Crippen molar-refractivity contribution in [2.75, 3.05) is 6.54 Å². The standard InChI is InChI=1S/C19H18F5NO3/c20-14-6-8-15(9-7-14)28-19(23,24)12-25-16(17(26)27)11-18(21,22)10-13-4-2-1-3-5-13/h1-9,16,25H,10-12H2,(H,26,27)/t16-/m0/s1. The molecule has 2 aromatic rings. The molecule has 0 radical (unpaired) electrons. The Morgan fingerprint density at radius 2 is 1.64 bits per heavy atom. The number of halogens is 5. The molecule has 0 aliphatic rings. The van der Waals surface area contributed by atoms with Gasteiger partial charge in [0, 0.05) is 12.8 Å². The van der Waals surface area contributed by atoms with E-state index < -0.39 is 49.2 Å². The molecule has 152 valence electrons. The summed E-state index contributed by atoms with van der Waals surface area (Å²) in [4.78, 5) is 11.2. The fraction of sp³-hybridized carbons (Fsp3) is 0.316. The van der Waals surface area contributed by atoms with Crippen molar-refractivity contribution in [3.63, 3.8) is 0 Å². The summed E-state index contributed by atoms with van der Waals surface area (Å²) in [6.07, 6.45) is -5.79. The van der Waals surface area contributed by atoms with E-state index in [9.17, 15) is 26.7 Å². The quantitative estimate of drug-likeness (QED) is 0.587. The van der Waals surface area contributed by atoms with Crippen molar-refractivity contribution in [2.24, 2.45) is 0 Å². The molecule has 1 atom stereocenters. The highest BCUT2D eigenvalue weighted by Gasteiger charge is 2.39. The van der Waals surface area contributed by atoms with Crippen molar-refractivity contribution in [3.05, 3.63) is 66.0 Å². The van der Waals surface area contributed by atoms with Crippen LogP contribution in [0.25, 0.3) is 0 Å². The lowest BCUT2D eigenvalue weighted by atomic mass is 10.0. The monoisotopic (exact) mass is 403 g/mol. The summed E-state index contributed by atoms with van der Waals surface area (Å²) in [5.74, 6) is -6.12. The largest absolute Gasteiger partial charge is 0.480 e. The molecular weight excluding hydrogens is 385 g/mol. The first-order valence-corrected chi connectivity index (χ1v) is 8.27. The number of hydrogen-bond acceptors (Lipinski definition) is 3. The van der Waals surface area contributed by atoms with Crippen molar-refractivity contribution in [2.45, 2.75) is 30.9 Å². The minimum absolute atomic E-state index is 0.293. The second-order valence-electron chi connectivity index (χ2n) is 6.19. The third kappa shape index (κ3) is 7.15. The van der Waals surface area contributed by atoms with Gasteiger partial charge in [0.25, 0.3) is 5.92 Å². The molecule has 0 aliphatic carbocycles. The van der Waals surface area contributed by atoms with Crippen LogP contribution in [0, 0.1) is 5.82 Å². The fourth-order valence-corrected chi connectivity index (χ4v) is 2.47. The molecule has 0 fully saturated rings. The van der Waals surface area contributed by atoms with E-state index in [-0.39, 0.29) is 5.75 Å². The van der Waals surface area contributed by atoms with Gasteiger partial charge in [-0.3, -0.25) is 10.1 Å². The van der Waals surface area contributed by atoms with E-state index in [0.29, 0.717) is 5.56 Å². The average molecular weight is 403 g/mol. The molecule has 0 aromatic heterocycles. The van der Waals surface area contributed by atoms with Crippen molar-refractivity contribution in [3.8, 4) is 5.75 Å². The van der Waals surface area contributed by atoms with Crippen LogP contribution in [0.15, 0.2) is 54.6 Å². The maximum Gasteiger partial charge on any atom is 0.410 e. The molecule has 2 rings (SSSR count). The predicted molar refractivity (Wildman–Crippen MR) is 91.1 cm³/mol. The fourth-order valence-electron chi connectivity index (χ4n) is 2.47. The van der Waals surface area contributed by atoms with Crippen LogP contribution < -0.4 is 10.1 Å². The van der Waals surface area contributed by atoms with Gasteiger partial charge >= 0.3 is 12.1 Å². The molecule has 9 heteroatoms. The molecule has 0 amide bonds. The Kier molecular flexibility index (Phi) is 6.95. The smallest absolute Gasteiger partial charge is 0.410 e. The molecule has 28 heavy (non-hydrogen) atoms. The molecule has 0 bridgehead atoms. The Labute approximate surface area is 157 Å². The summed E-state index contributed by atoms with van der Waals surface area (Å²) in [6.45, 7) is -1.32. The number of carboxylic acid groups (broad SMARTS) is 1. The molecule has 2 aromatic carbocycles. The van der Waals surface area contributed by atoms with Gasteiger partial charge in [0.1, 0.15) is 24.2 Å². The van der Waals surface area contributed by atoms with E-state index >= 15 is 0 Å². The Morgan fingerprint density at radius 3 is 2.21 bits per heavy atom. The summed E-state index contributed by atoms with van der Waals surface area (Å²) in [6, 6.07) is 9.51. The third-order valence-corrected chi connectivity index (χ3v) is 3.74. The van der Waals surface area contributed by atoms with Gasteiger partial charge in [-0.05, 0) is 29.8 Å². The molecule has 0 saturated carbocycles. The van der Waals surface area contributed by atoms with Crippen molar-refractivity contribution < 1.29 is 36.6 Å². The van der Waals surface area contributed by atoms with Crippen LogP contribution in [0.1, 0.15) is 12.0 Å². The first-order chi connectivity index (χ1) is 13.1. The van der Waals surface area contributed by atoms with Gasteiger partial charge in [-0.25, -0.2) is 13.2 Å². The first-order valence-electron chi connectivity index (χ1n) is 8.27. The number of hydrogen-bond donors (Lipinski definition) is 2. The van der Waals surface area contributed by atoms with Gasteiger partial charge < -0.3 is 9.84 Å². The normalized spacial score (nSPS) is 13.2. The van der Waals surface area contributed by atoms with Crippen LogP contribution in [-0.2, 0) is 11.2 Å². The summed E-state index contributed by atoms with van der Waals surface area (Å²) >= 11 is 0. The van der Waals surface area contributed by atoms with E-state index in [1.807, 2.05) is 5.32 Å². The maximum absolute atomic E-state index is 14.2. The highest BCUT2D eigenvalue weighted by atomic mass is 19.3. The van der Waals surface area contributed by atoms with Crippen LogP contribution in [0.3, 0.4) is 0 Å². The SMILES string of the molecule is O=C(O)[C@H](CC(F)(F)Cc1ccccc1)NCC(F)(F)Oc1ccc(F)cc1. The van der Waals surface area contributed by atoms with E-state index in [1.54, 1.807) is 18.2 Å². The van der Waals surface area contributed by atoms with Crippen LogP contribution >= 0.6 is 0 Å². The Bertz CT molecular complexity index is 769. The number of carbonyl (C=O) groups is 1. The number of rotatable bonds is 10. The maximum atomic E-state index is 14.2. The van der Waals surface area contributed by atoms with Crippen LogP contribution in [-0.4, -0.2) is 35.7 Å². The van der Waals surface area contributed by atoms with Gasteiger partial charge in [0.2, 0.25) is 0 Å². The molecule has 0 heterocycles. The predicted octanol–water partition coefficient (Wildman–Crippen LogP) is 4.11. The van der Waals surface area contributed by atoms with Gasteiger partial charge in [0.05, 0.1) is 0 Å². The lowest BCUT2D eigenvalue weighted by Gasteiger charge is -2.24. The highest BCUT2D eigenvalue weighted by molar-refractivity contribution is 5.73. The molecule has 0 aliphatic heterocycles. The summed E-state index contributed by atoms with van der Waals surface area (Å²) in [5, 5.41) is 11.0. The van der Waals surface area contributed by atoms with Crippen LogP contribution in [0.4, 0.5) is 22.0 Å². The highest BCUT2D eigenvalue weighted by Crippen LogP contribution is 2.27. The number of benzene rings is 2. The van der Waals surface area contributed by atoms with Gasteiger partial charge in [0.15, 0.2) is 0 Å². The lowest BCUT2D eigenvalue weighted by Crippen LogP contribution is -2.48. The van der Waals surface area contributed by atoms with Gasteiger partial charge in [-0.2, -0.15) is 8.78 Å². The van der Waals surface area contributed by atoms with Crippen LogP contribution in [0.2, 0.25) is 0 Å². The number of ether oxygens (including phenoxy) is 1. The minimum atomic E-state index is -3.89. The van der Waals surface area contributed by atoms with E-state index in [0.717, 1.165) is 24.3 Å². The molecule has 0 spiro atoms. The molecule has 0 unspecified atom stereocenters. The van der Waals surface area contributed by atoms with Crippen molar-refractivity contribution in [1.29, 1.82) is 0 Å². The molecule has 4 nitrogen and oxygen atoms in total. The first kappa shape index (κ1) is 21.6. The Balaban J connectivity index is 1.95. The lowest BCUT2D eigenvalue weighted by molar-refractivity contribution is -0.175. The molecule has 0 saturated heterocycles. The van der Waals surface area contributed by atoms with Gasteiger partial charge in [-0.15, -0.1) is 0 Å². The zero-order valence-corrected chi connectivity index (χ0v) is 14.5. The Hall–Kier alpha value is -2.68.